The molecule has 0 aliphatic carbocycles. The van der Waals surface area contributed by atoms with E-state index in [2.05, 4.69) is 5.32 Å². The Morgan fingerprint density at radius 2 is 2.26 bits per heavy atom. The van der Waals surface area contributed by atoms with Gasteiger partial charge in [0.1, 0.15) is 0 Å². The standard InChI is InChI=1S/C12H16N2O5/c1-3-19-11-9(12(16)13-7-8(2)15)5-4-6-10(11)14(17)18/h4-6,8,15H,3,7H2,1-2H3,(H,13,16). The molecule has 1 aromatic carbocycles. The summed E-state index contributed by atoms with van der Waals surface area (Å²) in [5, 5.41) is 22.5. The Balaban J connectivity index is 3.08. The number of ether oxygens (including phenoxy) is 1. The monoisotopic (exact) mass is 268 g/mol. The summed E-state index contributed by atoms with van der Waals surface area (Å²) >= 11 is 0. The van der Waals surface area contributed by atoms with Crippen molar-refractivity contribution in [2.45, 2.75) is 20.0 Å². The molecule has 1 amide bonds. The third-order valence-electron chi connectivity index (χ3n) is 2.28. The molecular weight excluding hydrogens is 252 g/mol. The average Bonchev–Trinajstić information content (AvgIpc) is 2.36. The van der Waals surface area contributed by atoms with Crippen LogP contribution in [-0.4, -0.2) is 35.2 Å². The lowest BCUT2D eigenvalue weighted by Crippen LogP contribution is -2.30. The van der Waals surface area contributed by atoms with Crippen LogP contribution < -0.4 is 10.1 Å². The first-order valence-electron chi connectivity index (χ1n) is 5.83. The van der Waals surface area contributed by atoms with Gasteiger partial charge in [-0.05, 0) is 19.9 Å². The summed E-state index contributed by atoms with van der Waals surface area (Å²) in [5.41, 5.74) is -0.178. The van der Waals surface area contributed by atoms with E-state index in [4.69, 9.17) is 9.84 Å². The van der Waals surface area contributed by atoms with Gasteiger partial charge in [0.15, 0.2) is 0 Å². The fourth-order valence-electron chi connectivity index (χ4n) is 1.48. The molecule has 0 fully saturated rings. The summed E-state index contributed by atoms with van der Waals surface area (Å²) in [6, 6.07) is 4.13. The highest BCUT2D eigenvalue weighted by molar-refractivity contribution is 5.98. The van der Waals surface area contributed by atoms with Gasteiger partial charge in [-0.3, -0.25) is 14.9 Å². The van der Waals surface area contributed by atoms with Gasteiger partial charge in [0.2, 0.25) is 5.75 Å². The van der Waals surface area contributed by atoms with Gasteiger partial charge in [0.25, 0.3) is 5.91 Å². The fraction of sp³-hybridized carbons (Fsp3) is 0.417. The minimum atomic E-state index is -0.696. The maximum Gasteiger partial charge on any atom is 0.311 e. The zero-order valence-corrected chi connectivity index (χ0v) is 10.8. The average molecular weight is 268 g/mol. The highest BCUT2D eigenvalue weighted by atomic mass is 16.6. The van der Waals surface area contributed by atoms with Crippen molar-refractivity contribution in [3.8, 4) is 5.75 Å². The third kappa shape index (κ3) is 3.92. The molecule has 0 saturated carbocycles. The van der Waals surface area contributed by atoms with E-state index < -0.39 is 16.9 Å². The van der Waals surface area contributed by atoms with Crippen LogP contribution in [0, 0.1) is 10.1 Å². The van der Waals surface area contributed by atoms with Crippen LogP contribution in [0.15, 0.2) is 18.2 Å². The summed E-state index contributed by atoms with van der Waals surface area (Å²) in [7, 11) is 0. The number of aliphatic hydroxyl groups is 1. The number of carbonyl (C=O) groups excluding carboxylic acids is 1. The Hall–Kier alpha value is -2.15. The van der Waals surface area contributed by atoms with Crippen LogP contribution in [0.25, 0.3) is 0 Å². The van der Waals surface area contributed by atoms with Crippen molar-refractivity contribution in [1.29, 1.82) is 0 Å². The van der Waals surface area contributed by atoms with E-state index >= 15 is 0 Å². The van der Waals surface area contributed by atoms with Crippen molar-refractivity contribution in [2.24, 2.45) is 0 Å². The fourth-order valence-corrected chi connectivity index (χ4v) is 1.48. The highest BCUT2D eigenvalue weighted by Gasteiger charge is 2.22. The number of hydrogen-bond donors (Lipinski definition) is 2. The number of benzene rings is 1. The molecule has 0 radical (unpaired) electrons. The van der Waals surface area contributed by atoms with Crippen LogP contribution in [-0.2, 0) is 0 Å². The summed E-state index contributed by atoms with van der Waals surface area (Å²) in [4.78, 5) is 22.2. The first-order chi connectivity index (χ1) is 8.97. The van der Waals surface area contributed by atoms with Crippen LogP contribution in [0.1, 0.15) is 24.2 Å². The number of rotatable bonds is 6. The normalized spacial score (nSPS) is 11.7. The molecule has 7 nitrogen and oxygen atoms in total. The maximum absolute atomic E-state index is 11.9. The van der Waals surface area contributed by atoms with E-state index in [0.29, 0.717) is 0 Å². The Morgan fingerprint density at radius 3 is 2.79 bits per heavy atom. The number of amides is 1. The lowest BCUT2D eigenvalue weighted by Gasteiger charge is -2.11. The predicted molar refractivity (Wildman–Crippen MR) is 68.3 cm³/mol. The van der Waals surface area contributed by atoms with E-state index in [9.17, 15) is 14.9 Å². The van der Waals surface area contributed by atoms with Gasteiger partial charge >= 0.3 is 5.69 Å². The molecule has 0 bridgehead atoms. The van der Waals surface area contributed by atoms with Crippen molar-refractivity contribution < 1.29 is 19.6 Å². The van der Waals surface area contributed by atoms with Crippen LogP contribution in [0.2, 0.25) is 0 Å². The number of nitrogens with zero attached hydrogens (tertiary/aromatic N) is 1. The van der Waals surface area contributed by atoms with Crippen molar-refractivity contribution >= 4 is 11.6 Å². The summed E-state index contributed by atoms with van der Waals surface area (Å²) in [6.07, 6.45) is -0.696. The van der Waals surface area contributed by atoms with Crippen molar-refractivity contribution in [2.75, 3.05) is 13.2 Å². The van der Waals surface area contributed by atoms with Gasteiger partial charge in [0, 0.05) is 12.6 Å². The quantitative estimate of drug-likeness (QED) is 0.594. The largest absolute Gasteiger partial charge is 0.487 e. The minimum Gasteiger partial charge on any atom is -0.487 e. The van der Waals surface area contributed by atoms with Crippen LogP contribution in [0.4, 0.5) is 5.69 Å². The van der Waals surface area contributed by atoms with E-state index in [1.165, 1.54) is 25.1 Å². The SMILES string of the molecule is CCOc1c(C(=O)NCC(C)O)cccc1[N+](=O)[O-]. The number of aliphatic hydroxyl groups excluding tert-OH is 1. The number of nitrogens with one attached hydrogen (secondary N) is 1. The lowest BCUT2D eigenvalue weighted by atomic mass is 10.1. The van der Waals surface area contributed by atoms with Gasteiger partial charge < -0.3 is 15.2 Å². The van der Waals surface area contributed by atoms with E-state index in [1.807, 2.05) is 0 Å². The molecule has 1 aromatic rings. The van der Waals surface area contributed by atoms with Crippen LogP contribution >= 0.6 is 0 Å². The maximum atomic E-state index is 11.9. The molecule has 1 unspecified atom stereocenters. The predicted octanol–water partition coefficient (Wildman–Crippen LogP) is 1.10. The summed E-state index contributed by atoms with van der Waals surface area (Å²) < 4.78 is 5.19. The Morgan fingerprint density at radius 1 is 1.58 bits per heavy atom. The topological polar surface area (TPSA) is 102 Å². The van der Waals surface area contributed by atoms with Gasteiger partial charge in [0.05, 0.1) is 23.2 Å². The van der Waals surface area contributed by atoms with Crippen molar-refractivity contribution in [1.82, 2.24) is 5.32 Å². The highest BCUT2D eigenvalue weighted by Crippen LogP contribution is 2.30. The van der Waals surface area contributed by atoms with E-state index in [-0.39, 0.29) is 30.2 Å². The molecule has 1 rings (SSSR count). The number of carbonyl (C=O) groups is 1. The van der Waals surface area contributed by atoms with Gasteiger partial charge in [-0.1, -0.05) is 6.07 Å². The zero-order chi connectivity index (χ0) is 14.4. The molecule has 7 heteroatoms. The van der Waals surface area contributed by atoms with Gasteiger partial charge in [-0.2, -0.15) is 0 Å². The molecule has 0 spiro atoms. The molecular formula is C12H16N2O5. The minimum absolute atomic E-state index is 0.0573. The first kappa shape index (κ1) is 14.9. The molecule has 0 heterocycles. The molecule has 104 valence electrons. The summed E-state index contributed by atoms with van der Waals surface area (Å²) in [6.45, 7) is 3.47. The van der Waals surface area contributed by atoms with Gasteiger partial charge in [-0.25, -0.2) is 0 Å². The zero-order valence-electron chi connectivity index (χ0n) is 10.8. The Labute approximate surface area is 110 Å². The second-order valence-corrected chi connectivity index (χ2v) is 3.90. The van der Waals surface area contributed by atoms with E-state index in [1.54, 1.807) is 6.92 Å². The lowest BCUT2D eigenvalue weighted by molar-refractivity contribution is -0.385. The summed E-state index contributed by atoms with van der Waals surface area (Å²) in [5.74, 6) is -0.578. The Bertz CT molecular complexity index is 473. The number of nitro benzene ring substituents is 1. The van der Waals surface area contributed by atoms with E-state index in [0.717, 1.165) is 0 Å². The van der Waals surface area contributed by atoms with Crippen molar-refractivity contribution in [3.05, 3.63) is 33.9 Å². The second-order valence-electron chi connectivity index (χ2n) is 3.90. The molecule has 0 aromatic heterocycles. The number of para-hydroxylation sites is 1. The number of nitro groups is 1. The van der Waals surface area contributed by atoms with Gasteiger partial charge in [-0.15, -0.1) is 0 Å². The molecule has 2 N–H and O–H groups in total. The molecule has 0 aliphatic rings. The molecule has 0 saturated heterocycles. The second kappa shape index (κ2) is 6.69. The van der Waals surface area contributed by atoms with Crippen LogP contribution in [0.5, 0.6) is 5.75 Å². The number of hydrogen-bond acceptors (Lipinski definition) is 5. The molecule has 19 heavy (non-hydrogen) atoms. The first-order valence-corrected chi connectivity index (χ1v) is 5.83. The Kier molecular flexibility index (Phi) is 5.25. The van der Waals surface area contributed by atoms with Crippen molar-refractivity contribution in [3.63, 3.8) is 0 Å². The molecule has 1 atom stereocenters. The third-order valence-corrected chi connectivity index (χ3v) is 2.28. The van der Waals surface area contributed by atoms with Crippen LogP contribution in [0.3, 0.4) is 0 Å². The smallest absolute Gasteiger partial charge is 0.311 e. The molecule has 0 aliphatic heterocycles.